The van der Waals surface area contributed by atoms with Crippen molar-refractivity contribution in [3.63, 3.8) is 0 Å². The number of unbranched alkanes of at least 4 members (excludes halogenated alkanes) is 14. The first-order valence-corrected chi connectivity index (χ1v) is 12.9. The fraction of sp³-hybridized carbons (Fsp3) is 0.923. The second-order valence-corrected chi connectivity index (χ2v) is 9.28. The molecule has 0 saturated carbocycles. The molecule has 1 atom stereocenters. The van der Waals surface area contributed by atoms with E-state index < -0.39 is 17.4 Å². The molecule has 30 heavy (non-hydrogen) atoms. The number of carboxylic acid groups (broad SMARTS) is 2. The van der Waals surface area contributed by atoms with E-state index in [0.717, 1.165) is 25.7 Å². The fourth-order valence-electron chi connectivity index (χ4n) is 4.47. The molecule has 0 aromatic carbocycles. The van der Waals surface area contributed by atoms with E-state index in [9.17, 15) is 14.7 Å². The summed E-state index contributed by atoms with van der Waals surface area (Å²) in [5.74, 6) is -1.54. The summed E-state index contributed by atoms with van der Waals surface area (Å²) in [4.78, 5) is 23.1. The van der Waals surface area contributed by atoms with Crippen LogP contribution in [-0.4, -0.2) is 22.2 Å². The van der Waals surface area contributed by atoms with Gasteiger partial charge in [-0.05, 0) is 25.7 Å². The maximum Gasteiger partial charge on any atom is 0.309 e. The second kappa shape index (κ2) is 19.9. The van der Waals surface area contributed by atoms with E-state index in [0.29, 0.717) is 25.7 Å². The van der Waals surface area contributed by atoms with Crippen molar-refractivity contribution in [2.24, 2.45) is 5.41 Å². The van der Waals surface area contributed by atoms with Crippen LogP contribution in [0.4, 0.5) is 0 Å². The zero-order valence-electron chi connectivity index (χ0n) is 20.1. The number of hydrogen-bond acceptors (Lipinski definition) is 2. The predicted molar refractivity (Wildman–Crippen MR) is 126 cm³/mol. The Morgan fingerprint density at radius 1 is 0.533 bits per heavy atom. The van der Waals surface area contributed by atoms with Gasteiger partial charge in [0.25, 0.3) is 0 Å². The van der Waals surface area contributed by atoms with Crippen molar-refractivity contribution in [1.82, 2.24) is 0 Å². The van der Waals surface area contributed by atoms with Gasteiger partial charge >= 0.3 is 11.9 Å². The minimum atomic E-state index is -0.826. The zero-order valence-corrected chi connectivity index (χ0v) is 20.1. The first-order valence-electron chi connectivity index (χ1n) is 12.9. The van der Waals surface area contributed by atoms with Crippen LogP contribution in [0.25, 0.3) is 0 Å². The molecule has 1 unspecified atom stereocenters. The van der Waals surface area contributed by atoms with Crippen molar-refractivity contribution in [2.75, 3.05) is 0 Å². The van der Waals surface area contributed by atoms with Crippen molar-refractivity contribution in [2.45, 2.75) is 149 Å². The summed E-state index contributed by atoms with van der Waals surface area (Å²) in [7, 11) is 0. The molecule has 0 spiro atoms. The third-order valence-corrected chi connectivity index (χ3v) is 6.52. The SMILES string of the molecule is CCCCCCCCCCCC(CCCCCCCCC)(CCCC(=O)O)C(=O)O. The normalized spacial score (nSPS) is 13.3. The molecule has 0 amide bonds. The van der Waals surface area contributed by atoms with Gasteiger partial charge in [-0.25, -0.2) is 0 Å². The van der Waals surface area contributed by atoms with Gasteiger partial charge in [0.15, 0.2) is 0 Å². The first-order chi connectivity index (χ1) is 14.5. The van der Waals surface area contributed by atoms with Crippen LogP contribution in [0, 0.1) is 5.41 Å². The second-order valence-electron chi connectivity index (χ2n) is 9.28. The minimum Gasteiger partial charge on any atom is -0.481 e. The predicted octanol–water partition coefficient (Wildman–Crippen LogP) is 8.37. The Hall–Kier alpha value is -1.06. The van der Waals surface area contributed by atoms with Gasteiger partial charge in [0.2, 0.25) is 0 Å². The van der Waals surface area contributed by atoms with Gasteiger partial charge in [0, 0.05) is 6.42 Å². The van der Waals surface area contributed by atoms with Gasteiger partial charge in [-0.1, -0.05) is 117 Å². The Morgan fingerprint density at radius 3 is 1.20 bits per heavy atom. The van der Waals surface area contributed by atoms with Crippen LogP contribution < -0.4 is 0 Å². The van der Waals surface area contributed by atoms with Crippen LogP contribution in [0.15, 0.2) is 0 Å². The monoisotopic (exact) mass is 426 g/mol. The third kappa shape index (κ3) is 15.7. The lowest BCUT2D eigenvalue weighted by Crippen LogP contribution is -2.31. The van der Waals surface area contributed by atoms with Gasteiger partial charge in [-0.2, -0.15) is 0 Å². The Kier molecular flexibility index (Phi) is 19.2. The van der Waals surface area contributed by atoms with E-state index in [1.54, 1.807) is 0 Å². The highest BCUT2D eigenvalue weighted by molar-refractivity contribution is 5.74. The zero-order chi connectivity index (χ0) is 22.5. The van der Waals surface area contributed by atoms with E-state index in [4.69, 9.17) is 5.11 Å². The molecular weight excluding hydrogens is 376 g/mol. The molecular formula is C26H50O4. The molecule has 2 N–H and O–H groups in total. The standard InChI is InChI=1S/C26H50O4/c1-3-5-7-9-11-12-14-16-18-22-26(25(29)30,23-19-20-24(27)28)21-17-15-13-10-8-6-4-2/h3-23H2,1-2H3,(H,27,28)(H,29,30). The summed E-state index contributed by atoms with van der Waals surface area (Å²) in [5.41, 5.74) is -0.722. The average Bonchev–Trinajstić information content (AvgIpc) is 2.71. The highest BCUT2D eigenvalue weighted by atomic mass is 16.4. The molecule has 0 aliphatic rings. The summed E-state index contributed by atoms with van der Waals surface area (Å²) in [6.07, 6.45) is 21.7. The lowest BCUT2D eigenvalue weighted by atomic mass is 9.74. The topological polar surface area (TPSA) is 74.6 Å². The van der Waals surface area contributed by atoms with Crippen LogP contribution in [0.1, 0.15) is 149 Å². The Morgan fingerprint density at radius 2 is 0.867 bits per heavy atom. The lowest BCUT2D eigenvalue weighted by molar-refractivity contribution is -0.151. The molecule has 0 aromatic heterocycles. The fourth-order valence-corrected chi connectivity index (χ4v) is 4.47. The summed E-state index contributed by atoms with van der Waals surface area (Å²) < 4.78 is 0. The average molecular weight is 427 g/mol. The van der Waals surface area contributed by atoms with Gasteiger partial charge in [0.1, 0.15) is 0 Å². The highest BCUT2D eigenvalue weighted by Gasteiger charge is 2.36. The van der Waals surface area contributed by atoms with E-state index >= 15 is 0 Å². The van der Waals surface area contributed by atoms with Gasteiger partial charge in [-0.15, -0.1) is 0 Å². The number of hydrogen-bond donors (Lipinski definition) is 2. The smallest absolute Gasteiger partial charge is 0.309 e. The molecule has 0 aliphatic carbocycles. The van der Waals surface area contributed by atoms with Crippen LogP contribution in [0.5, 0.6) is 0 Å². The van der Waals surface area contributed by atoms with Crippen molar-refractivity contribution in [3.05, 3.63) is 0 Å². The summed E-state index contributed by atoms with van der Waals surface area (Å²) in [5, 5.41) is 19.0. The molecule has 178 valence electrons. The Balaban J connectivity index is 4.39. The van der Waals surface area contributed by atoms with E-state index in [-0.39, 0.29) is 6.42 Å². The molecule has 0 fully saturated rings. The molecule has 0 bridgehead atoms. The summed E-state index contributed by atoms with van der Waals surface area (Å²) in [6.45, 7) is 4.45. The van der Waals surface area contributed by atoms with Gasteiger partial charge in [-0.3, -0.25) is 9.59 Å². The van der Waals surface area contributed by atoms with Crippen molar-refractivity contribution < 1.29 is 19.8 Å². The Labute approximate surface area is 186 Å². The minimum absolute atomic E-state index is 0.0732. The molecule has 0 radical (unpaired) electrons. The first kappa shape index (κ1) is 28.9. The summed E-state index contributed by atoms with van der Waals surface area (Å²) in [6, 6.07) is 0. The third-order valence-electron chi connectivity index (χ3n) is 6.52. The number of aliphatic carboxylic acids is 2. The van der Waals surface area contributed by atoms with Crippen molar-refractivity contribution in [3.8, 4) is 0 Å². The van der Waals surface area contributed by atoms with Crippen LogP contribution in [0.2, 0.25) is 0 Å². The molecule has 0 rings (SSSR count). The summed E-state index contributed by atoms with van der Waals surface area (Å²) >= 11 is 0. The number of rotatable bonds is 23. The molecule has 0 saturated heterocycles. The van der Waals surface area contributed by atoms with Gasteiger partial charge in [0.05, 0.1) is 5.41 Å². The number of carboxylic acids is 2. The van der Waals surface area contributed by atoms with Gasteiger partial charge < -0.3 is 10.2 Å². The van der Waals surface area contributed by atoms with Crippen molar-refractivity contribution in [1.29, 1.82) is 0 Å². The van der Waals surface area contributed by atoms with Crippen LogP contribution >= 0.6 is 0 Å². The van der Waals surface area contributed by atoms with Crippen molar-refractivity contribution >= 4 is 11.9 Å². The maximum absolute atomic E-state index is 12.2. The molecule has 0 heterocycles. The van der Waals surface area contributed by atoms with E-state index in [1.807, 2.05) is 0 Å². The quantitative estimate of drug-likeness (QED) is 0.161. The molecule has 4 nitrogen and oxygen atoms in total. The number of carbonyl (C=O) groups is 2. The van der Waals surface area contributed by atoms with Crippen LogP contribution in [-0.2, 0) is 9.59 Å². The highest BCUT2D eigenvalue weighted by Crippen LogP contribution is 2.37. The molecule has 0 aliphatic heterocycles. The lowest BCUT2D eigenvalue weighted by Gasteiger charge is -2.30. The maximum atomic E-state index is 12.2. The Bertz CT molecular complexity index is 421. The van der Waals surface area contributed by atoms with E-state index in [1.165, 1.54) is 77.0 Å². The van der Waals surface area contributed by atoms with Crippen LogP contribution in [0.3, 0.4) is 0 Å². The van der Waals surface area contributed by atoms with E-state index in [2.05, 4.69) is 13.8 Å². The molecule has 4 heteroatoms. The molecule has 0 aromatic rings. The largest absolute Gasteiger partial charge is 0.481 e.